The van der Waals surface area contributed by atoms with Crippen molar-refractivity contribution in [3.05, 3.63) is 0 Å². The molecule has 0 aliphatic heterocycles. The molecule has 0 amide bonds. The largest absolute Gasteiger partial charge is 0.381 e. The van der Waals surface area contributed by atoms with Gasteiger partial charge < -0.3 is 4.74 Å². The van der Waals surface area contributed by atoms with Crippen molar-refractivity contribution in [1.82, 2.24) is 0 Å². The van der Waals surface area contributed by atoms with Crippen LogP contribution in [0.1, 0.15) is 124 Å². The van der Waals surface area contributed by atoms with Gasteiger partial charge in [0.25, 0.3) is 0 Å². The Hall–Kier alpha value is -0.0400. The Kier molecular flexibility index (Phi) is 20.0. The lowest BCUT2D eigenvalue weighted by atomic mass is 9.95. The van der Waals surface area contributed by atoms with Gasteiger partial charge in [-0.25, -0.2) is 0 Å². The molecule has 0 rings (SSSR count). The van der Waals surface area contributed by atoms with Crippen molar-refractivity contribution in [2.45, 2.75) is 124 Å². The highest BCUT2D eigenvalue weighted by atomic mass is 16.5. The molecule has 140 valence electrons. The van der Waals surface area contributed by atoms with Crippen LogP contribution in [0.5, 0.6) is 0 Å². The Balaban J connectivity index is 3.70. The molecule has 1 nitrogen and oxygen atoms in total. The Morgan fingerprint density at radius 1 is 0.522 bits per heavy atom. The minimum absolute atomic E-state index is 0.823. The van der Waals surface area contributed by atoms with E-state index >= 15 is 0 Å². The zero-order valence-electron chi connectivity index (χ0n) is 16.7. The van der Waals surface area contributed by atoms with Gasteiger partial charge in [0.2, 0.25) is 0 Å². The van der Waals surface area contributed by atoms with E-state index in [-0.39, 0.29) is 0 Å². The van der Waals surface area contributed by atoms with Gasteiger partial charge in [0.15, 0.2) is 0 Å². The molecule has 1 heteroatoms. The van der Waals surface area contributed by atoms with Crippen LogP contribution in [0.25, 0.3) is 0 Å². The fourth-order valence-electron chi connectivity index (χ4n) is 3.27. The highest BCUT2D eigenvalue weighted by Crippen LogP contribution is 2.19. The first kappa shape index (κ1) is 23.0. The van der Waals surface area contributed by atoms with Gasteiger partial charge >= 0.3 is 0 Å². The van der Waals surface area contributed by atoms with Gasteiger partial charge in [-0.2, -0.15) is 0 Å². The van der Waals surface area contributed by atoms with Crippen molar-refractivity contribution >= 4 is 0 Å². The van der Waals surface area contributed by atoms with E-state index in [0.29, 0.717) is 0 Å². The number of hydrogen-bond acceptors (Lipinski definition) is 1. The summed E-state index contributed by atoms with van der Waals surface area (Å²) in [5.74, 6) is 0.823. The molecule has 0 fully saturated rings. The molecule has 0 N–H and O–H groups in total. The summed E-state index contributed by atoms with van der Waals surface area (Å²) >= 11 is 0. The summed E-state index contributed by atoms with van der Waals surface area (Å²) in [4.78, 5) is 0. The molecule has 0 saturated heterocycles. The van der Waals surface area contributed by atoms with Crippen LogP contribution in [0.15, 0.2) is 0 Å². The Bertz CT molecular complexity index is 186. The van der Waals surface area contributed by atoms with E-state index in [1.165, 1.54) is 103 Å². The summed E-state index contributed by atoms with van der Waals surface area (Å²) in [6, 6.07) is 0. The standard InChI is InChI=1S/C22H46O/c1-4-7-10-13-14-16-19-22(18-15-11-8-5-2)21-23-20-17-12-9-6-3/h22H,4-21H2,1-3H3. The van der Waals surface area contributed by atoms with E-state index < -0.39 is 0 Å². The fourth-order valence-corrected chi connectivity index (χ4v) is 3.27. The molecule has 0 aliphatic rings. The molecule has 23 heavy (non-hydrogen) atoms. The highest BCUT2D eigenvalue weighted by molar-refractivity contribution is 4.60. The summed E-state index contributed by atoms with van der Waals surface area (Å²) < 4.78 is 5.99. The Labute approximate surface area is 148 Å². The van der Waals surface area contributed by atoms with Gasteiger partial charge in [0.05, 0.1) is 0 Å². The monoisotopic (exact) mass is 326 g/mol. The highest BCUT2D eigenvalue weighted by Gasteiger charge is 2.09. The molecular formula is C22H46O. The number of rotatable bonds is 19. The molecule has 0 saturated carbocycles. The van der Waals surface area contributed by atoms with Crippen LogP contribution in [0.4, 0.5) is 0 Å². The summed E-state index contributed by atoms with van der Waals surface area (Å²) in [6.07, 6.45) is 22.1. The van der Waals surface area contributed by atoms with Gasteiger partial charge in [0, 0.05) is 13.2 Å². The average molecular weight is 327 g/mol. The summed E-state index contributed by atoms with van der Waals surface area (Å²) in [5, 5.41) is 0. The van der Waals surface area contributed by atoms with Crippen LogP contribution in [-0.4, -0.2) is 13.2 Å². The molecule has 0 aromatic heterocycles. The van der Waals surface area contributed by atoms with Crippen molar-refractivity contribution in [2.24, 2.45) is 5.92 Å². The maximum absolute atomic E-state index is 5.99. The molecule has 0 aromatic rings. The van der Waals surface area contributed by atoms with E-state index in [9.17, 15) is 0 Å². The maximum Gasteiger partial charge on any atom is 0.0494 e. The van der Waals surface area contributed by atoms with E-state index in [2.05, 4.69) is 20.8 Å². The zero-order valence-corrected chi connectivity index (χ0v) is 16.7. The van der Waals surface area contributed by atoms with Crippen LogP contribution in [0, 0.1) is 5.92 Å². The third kappa shape index (κ3) is 18.1. The van der Waals surface area contributed by atoms with Crippen molar-refractivity contribution in [3.63, 3.8) is 0 Å². The van der Waals surface area contributed by atoms with Crippen LogP contribution >= 0.6 is 0 Å². The van der Waals surface area contributed by atoms with Gasteiger partial charge in [-0.15, -0.1) is 0 Å². The molecular weight excluding hydrogens is 280 g/mol. The second-order valence-corrected chi connectivity index (χ2v) is 7.41. The predicted octanol–water partition coefficient (Wildman–Crippen LogP) is 7.92. The second-order valence-electron chi connectivity index (χ2n) is 7.41. The number of unbranched alkanes of at least 4 members (excludes halogenated alkanes) is 11. The first-order valence-corrected chi connectivity index (χ1v) is 10.9. The summed E-state index contributed by atoms with van der Waals surface area (Å²) in [7, 11) is 0. The quantitative estimate of drug-likeness (QED) is 0.219. The van der Waals surface area contributed by atoms with E-state index in [4.69, 9.17) is 4.74 Å². The van der Waals surface area contributed by atoms with Crippen LogP contribution < -0.4 is 0 Å². The zero-order chi connectivity index (χ0) is 17.0. The van der Waals surface area contributed by atoms with Gasteiger partial charge in [-0.05, 0) is 25.2 Å². The molecule has 0 aromatic carbocycles. The maximum atomic E-state index is 5.99. The third-order valence-corrected chi connectivity index (χ3v) is 4.93. The summed E-state index contributed by atoms with van der Waals surface area (Å²) in [5.41, 5.74) is 0. The lowest BCUT2D eigenvalue weighted by molar-refractivity contribution is 0.0879. The second kappa shape index (κ2) is 20.0. The van der Waals surface area contributed by atoms with E-state index in [1.807, 2.05) is 0 Å². The molecule has 0 radical (unpaired) electrons. The minimum atomic E-state index is 0.823. The Morgan fingerprint density at radius 3 is 1.52 bits per heavy atom. The first-order chi connectivity index (χ1) is 11.3. The van der Waals surface area contributed by atoms with Crippen molar-refractivity contribution in [1.29, 1.82) is 0 Å². The van der Waals surface area contributed by atoms with E-state index in [1.54, 1.807) is 0 Å². The van der Waals surface area contributed by atoms with Crippen LogP contribution in [-0.2, 0) is 4.74 Å². The average Bonchev–Trinajstić information content (AvgIpc) is 2.57. The molecule has 1 atom stereocenters. The van der Waals surface area contributed by atoms with Gasteiger partial charge in [0.1, 0.15) is 0 Å². The smallest absolute Gasteiger partial charge is 0.0494 e. The molecule has 0 heterocycles. The number of hydrogen-bond donors (Lipinski definition) is 0. The minimum Gasteiger partial charge on any atom is -0.381 e. The van der Waals surface area contributed by atoms with Crippen molar-refractivity contribution in [3.8, 4) is 0 Å². The van der Waals surface area contributed by atoms with Crippen molar-refractivity contribution < 1.29 is 4.74 Å². The predicted molar refractivity (Wildman–Crippen MR) is 105 cm³/mol. The van der Waals surface area contributed by atoms with E-state index in [0.717, 1.165) is 19.1 Å². The third-order valence-electron chi connectivity index (χ3n) is 4.93. The van der Waals surface area contributed by atoms with Crippen LogP contribution in [0.2, 0.25) is 0 Å². The molecule has 0 spiro atoms. The topological polar surface area (TPSA) is 9.23 Å². The first-order valence-electron chi connectivity index (χ1n) is 10.9. The Morgan fingerprint density at radius 2 is 0.957 bits per heavy atom. The molecule has 0 aliphatic carbocycles. The number of ether oxygens (including phenoxy) is 1. The van der Waals surface area contributed by atoms with Crippen LogP contribution in [0.3, 0.4) is 0 Å². The fraction of sp³-hybridized carbons (Fsp3) is 1.00. The summed E-state index contributed by atoms with van der Waals surface area (Å²) in [6.45, 7) is 8.88. The molecule has 0 bridgehead atoms. The molecule has 1 unspecified atom stereocenters. The van der Waals surface area contributed by atoms with Crippen molar-refractivity contribution in [2.75, 3.05) is 13.2 Å². The lowest BCUT2D eigenvalue weighted by Crippen LogP contribution is -2.11. The SMILES string of the molecule is CCCCCCCCC(CCCCCC)COCCCCCC. The van der Waals surface area contributed by atoms with Gasteiger partial charge in [-0.1, -0.05) is 104 Å². The lowest BCUT2D eigenvalue weighted by Gasteiger charge is -2.17. The normalized spacial score (nSPS) is 12.7. The van der Waals surface area contributed by atoms with Gasteiger partial charge in [-0.3, -0.25) is 0 Å².